The van der Waals surface area contributed by atoms with Gasteiger partial charge in [-0.15, -0.1) is 0 Å². The largest absolute Gasteiger partial charge is 0.388 e. The van der Waals surface area contributed by atoms with Gasteiger partial charge in [-0.3, -0.25) is 9.97 Å². The number of pyridine rings is 2. The first-order chi connectivity index (χ1) is 8.86. The van der Waals surface area contributed by atoms with Crippen LogP contribution in [0.15, 0.2) is 42.9 Å². The first-order valence-electron chi connectivity index (χ1n) is 6.38. The Balaban J connectivity index is 1.94. The highest BCUT2D eigenvalue weighted by molar-refractivity contribution is 5.29. The minimum Gasteiger partial charge on any atom is -0.388 e. The molecule has 0 radical (unpaired) electrons. The van der Waals surface area contributed by atoms with Crippen molar-refractivity contribution in [1.82, 2.24) is 9.97 Å². The molecule has 0 bridgehead atoms. The quantitative estimate of drug-likeness (QED) is 0.877. The Morgan fingerprint density at radius 3 is 2.83 bits per heavy atom. The lowest BCUT2D eigenvalue weighted by Gasteiger charge is -2.28. The van der Waals surface area contributed by atoms with Gasteiger partial charge >= 0.3 is 0 Å². The minimum atomic E-state index is -0.484. The number of fused-ring (bicyclic) bond motifs is 1. The molecule has 2 aromatic rings. The highest BCUT2D eigenvalue weighted by Crippen LogP contribution is 2.38. The molecule has 2 unspecified atom stereocenters. The molecule has 3 heteroatoms. The molecule has 18 heavy (non-hydrogen) atoms. The van der Waals surface area contributed by atoms with Gasteiger partial charge < -0.3 is 5.11 Å². The highest BCUT2D eigenvalue weighted by Gasteiger charge is 2.28. The molecule has 0 aromatic carbocycles. The molecule has 3 rings (SSSR count). The number of rotatable bonds is 2. The maximum absolute atomic E-state index is 10.5. The SMILES string of the molecule is OC(c1ccncc1)C1CCCc2cccnc21. The van der Waals surface area contributed by atoms with E-state index in [-0.39, 0.29) is 5.92 Å². The fourth-order valence-electron chi connectivity index (χ4n) is 2.75. The minimum absolute atomic E-state index is 0.109. The number of aliphatic hydroxyl groups excluding tert-OH is 1. The van der Waals surface area contributed by atoms with Gasteiger partial charge in [0.2, 0.25) is 0 Å². The zero-order valence-electron chi connectivity index (χ0n) is 10.2. The molecule has 1 N–H and O–H groups in total. The van der Waals surface area contributed by atoms with E-state index >= 15 is 0 Å². The summed E-state index contributed by atoms with van der Waals surface area (Å²) in [4.78, 5) is 8.46. The van der Waals surface area contributed by atoms with E-state index in [0.29, 0.717) is 0 Å². The maximum Gasteiger partial charge on any atom is 0.0874 e. The second-order valence-electron chi connectivity index (χ2n) is 4.77. The zero-order chi connectivity index (χ0) is 12.4. The average Bonchev–Trinajstić information content (AvgIpc) is 2.47. The van der Waals surface area contributed by atoms with Gasteiger partial charge in [0, 0.05) is 30.2 Å². The number of aryl methyl sites for hydroxylation is 1. The van der Waals surface area contributed by atoms with E-state index in [0.717, 1.165) is 30.5 Å². The van der Waals surface area contributed by atoms with Crippen molar-refractivity contribution < 1.29 is 5.11 Å². The zero-order valence-corrected chi connectivity index (χ0v) is 10.2. The van der Waals surface area contributed by atoms with E-state index in [1.807, 2.05) is 24.4 Å². The van der Waals surface area contributed by atoms with Crippen LogP contribution < -0.4 is 0 Å². The van der Waals surface area contributed by atoms with Crippen LogP contribution in [0.2, 0.25) is 0 Å². The first kappa shape index (κ1) is 11.4. The van der Waals surface area contributed by atoms with Gasteiger partial charge in [0.25, 0.3) is 0 Å². The molecule has 0 aliphatic heterocycles. The molecule has 92 valence electrons. The van der Waals surface area contributed by atoms with Crippen molar-refractivity contribution in [2.45, 2.75) is 31.3 Å². The van der Waals surface area contributed by atoms with Crippen LogP contribution in [0.3, 0.4) is 0 Å². The molecular formula is C15H16N2O. The van der Waals surface area contributed by atoms with E-state index in [2.05, 4.69) is 16.0 Å². The van der Waals surface area contributed by atoms with Crippen molar-refractivity contribution in [3.8, 4) is 0 Å². The lowest BCUT2D eigenvalue weighted by molar-refractivity contribution is 0.134. The normalized spacial score (nSPS) is 20.2. The lowest BCUT2D eigenvalue weighted by Crippen LogP contribution is -2.18. The second kappa shape index (κ2) is 4.86. The van der Waals surface area contributed by atoms with Crippen LogP contribution in [0.1, 0.15) is 41.7 Å². The molecule has 0 saturated heterocycles. The van der Waals surface area contributed by atoms with Gasteiger partial charge in [0.05, 0.1) is 6.10 Å². The van der Waals surface area contributed by atoms with Crippen molar-refractivity contribution in [3.05, 3.63) is 59.7 Å². The summed E-state index contributed by atoms with van der Waals surface area (Å²) in [5.41, 5.74) is 3.27. The maximum atomic E-state index is 10.5. The smallest absolute Gasteiger partial charge is 0.0874 e. The molecule has 2 heterocycles. The Kier molecular flexibility index (Phi) is 3.07. The molecule has 0 spiro atoms. The van der Waals surface area contributed by atoms with Crippen molar-refractivity contribution >= 4 is 0 Å². The van der Waals surface area contributed by atoms with Crippen LogP contribution in [0.25, 0.3) is 0 Å². The fraction of sp³-hybridized carbons (Fsp3) is 0.333. The third-order valence-corrected chi connectivity index (χ3v) is 3.67. The van der Waals surface area contributed by atoms with Gasteiger partial charge in [0.1, 0.15) is 0 Å². The van der Waals surface area contributed by atoms with Crippen LogP contribution in [0, 0.1) is 0 Å². The van der Waals surface area contributed by atoms with Crippen LogP contribution >= 0.6 is 0 Å². The number of hydrogen-bond acceptors (Lipinski definition) is 3. The molecule has 1 aliphatic rings. The third-order valence-electron chi connectivity index (χ3n) is 3.67. The van der Waals surface area contributed by atoms with Crippen LogP contribution in [-0.4, -0.2) is 15.1 Å². The van der Waals surface area contributed by atoms with Gasteiger partial charge in [-0.2, -0.15) is 0 Å². The molecule has 0 fully saturated rings. The van der Waals surface area contributed by atoms with Crippen LogP contribution in [0.5, 0.6) is 0 Å². The van der Waals surface area contributed by atoms with Crippen molar-refractivity contribution in [2.24, 2.45) is 0 Å². The van der Waals surface area contributed by atoms with E-state index < -0.39 is 6.10 Å². The van der Waals surface area contributed by atoms with Crippen molar-refractivity contribution in [3.63, 3.8) is 0 Å². The predicted octanol–water partition coefficient (Wildman–Crippen LogP) is 2.63. The topological polar surface area (TPSA) is 46.0 Å². The monoisotopic (exact) mass is 240 g/mol. The summed E-state index contributed by atoms with van der Waals surface area (Å²) in [6.07, 6.45) is 7.96. The van der Waals surface area contributed by atoms with E-state index in [1.54, 1.807) is 12.4 Å². The molecule has 2 atom stereocenters. The van der Waals surface area contributed by atoms with E-state index in [9.17, 15) is 5.11 Å². The number of nitrogens with zero attached hydrogens (tertiary/aromatic N) is 2. The molecule has 3 nitrogen and oxygen atoms in total. The van der Waals surface area contributed by atoms with Crippen LogP contribution in [-0.2, 0) is 6.42 Å². The summed E-state index contributed by atoms with van der Waals surface area (Å²) < 4.78 is 0. The van der Waals surface area contributed by atoms with Crippen molar-refractivity contribution in [2.75, 3.05) is 0 Å². The van der Waals surface area contributed by atoms with E-state index in [4.69, 9.17) is 0 Å². The van der Waals surface area contributed by atoms with E-state index in [1.165, 1.54) is 5.56 Å². The summed E-state index contributed by atoms with van der Waals surface area (Å²) in [5, 5.41) is 10.5. The number of aliphatic hydroxyl groups is 1. The first-order valence-corrected chi connectivity index (χ1v) is 6.38. The third kappa shape index (κ3) is 2.02. The van der Waals surface area contributed by atoms with Crippen molar-refractivity contribution in [1.29, 1.82) is 0 Å². The van der Waals surface area contributed by atoms with Gasteiger partial charge in [-0.05, 0) is 48.6 Å². The Morgan fingerprint density at radius 1 is 1.17 bits per heavy atom. The summed E-state index contributed by atoms with van der Waals surface area (Å²) >= 11 is 0. The predicted molar refractivity (Wildman–Crippen MR) is 69.1 cm³/mol. The highest BCUT2D eigenvalue weighted by atomic mass is 16.3. The number of hydrogen-bond donors (Lipinski definition) is 1. The summed E-state index contributed by atoms with van der Waals surface area (Å²) in [6, 6.07) is 7.84. The Hall–Kier alpha value is -1.74. The molecule has 1 aliphatic carbocycles. The van der Waals surface area contributed by atoms with Gasteiger partial charge in [-0.1, -0.05) is 6.07 Å². The fourth-order valence-corrected chi connectivity index (χ4v) is 2.75. The second-order valence-corrected chi connectivity index (χ2v) is 4.77. The summed E-state index contributed by atoms with van der Waals surface area (Å²) in [7, 11) is 0. The Morgan fingerprint density at radius 2 is 2.00 bits per heavy atom. The molecular weight excluding hydrogens is 224 g/mol. The Bertz CT molecular complexity index is 527. The molecule has 2 aromatic heterocycles. The molecule has 0 saturated carbocycles. The summed E-state index contributed by atoms with van der Waals surface area (Å²) in [5.74, 6) is 0.109. The Labute approximate surface area is 107 Å². The van der Waals surface area contributed by atoms with Gasteiger partial charge in [-0.25, -0.2) is 0 Å². The number of aromatic nitrogens is 2. The average molecular weight is 240 g/mol. The standard InChI is InChI=1S/C15H16N2O/c18-15(12-6-9-16-10-7-12)13-5-1-3-11-4-2-8-17-14(11)13/h2,4,6-10,13,15,18H,1,3,5H2. The van der Waals surface area contributed by atoms with Crippen LogP contribution in [0.4, 0.5) is 0 Å². The summed E-state index contributed by atoms with van der Waals surface area (Å²) in [6.45, 7) is 0. The lowest BCUT2D eigenvalue weighted by atomic mass is 9.81. The molecule has 0 amide bonds. The van der Waals surface area contributed by atoms with Gasteiger partial charge in [0.15, 0.2) is 0 Å².